The molecule has 1 N–H and O–H groups in total. The number of carbonyl (C=O) groups excluding carboxylic acids is 1. The second kappa shape index (κ2) is 8.58. The Morgan fingerprint density at radius 3 is 2.47 bits per heavy atom. The first kappa shape index (κ1) is 15.4. The quantitative estimate of drug-likeness (QED) is 0.320. The highest BCUT2D eigenvalue weighted by Gasteiger charge is 2.08. The third-order valence-electron chi connectivity index (χ3n) is 2.05. The molecule has 0 aromatic carbocycles. The summed E-state index contributed by atoms with van der Waals surface area (Å²) in [4.78, 5) is 10.7. The van der Waals surface area contributed by atoms with Crippen LogP contribution >= 0.6 is 0 Å². The van der Waals surface area contributed by atoms with Gasteiger partial charge in [0.05, 0.1) is 5.76 Å². The van der Waals surface area contributed by atoms with Crippen molar-refractivity contribution >= 4 is 5.97 Å². The zero-order valence-electron chi connectivity index (χ0n) is 10.6. The molecule has 17 heavy (non-hydrogen) atoms. The number of rotatable bonds is 7. The minimum Gasteiger partial charge on any atom is -0.495 e. The smallest absolute Gasteiger partial charge is 0.330 e. The minimum absolute atomic E-state index is 0.0884. The molecule has 0 amide bonds. The van der Waals surface area contributed by atoms with E-state index in [9.17, 15) is 9.90 Å². The minimum atomic E-state index is -0.841. The number of aliphatic hydroxyl groups is 1. The van der Waals surface area contributed by atoms with Gasteiger partial charge in [0.15, 0.2) is 0 Å². The van der Waals surface area contributed by atoms with Gasteiger partial charge in [0.2, 0.25) is 0 Å². The predicted molar refractivity (Wildman–Crippen MR) is 66.3 cm³/mol. The number of hydrogen-bond donors (Lipinski definition) is 1. The predicted octanol–water partition coefficient (Wildman–Crippen LogP) is 1.96. The Morgan fingerprint density at radius 2 is 1.94 bits per heavy atom. The van der Waals surface area contributed by atoms with Gasteiger partial charge in [-0.05, 0) is 26.3 Å². The second-order valence-electron chi connectivity index (χ2n) is 3.54. The van der Waals surface area contributed by atoms with E-state index in [1.165, 1.54) is 0 Å². The van der Waals surface area contributed by atoms with E-state index >= 15 is 0 Å². The topological polar surface area (TPSA) is 55.8 Å². The van der Waals surface area contributed by atoms with Crippen molar-refractivity contribution in [2.75, 3.05) is 13.2 Å². The lowest BCUT2D eigenvalue weighted by atomic mass is 10.2. The van der Waals surface area contributed by atoms with Gasteiger partial charge < -0.3 is 14.6 Å². The van der Waals surface area contributed by atoms with Crippen molar-refractivity contribution in [1.29, 1.82) is 0 Å². The van der Waals surface area contributed by atoms with E-state index in [1.807, 2.05) is 32.9 Å². The molecule has 0 aromatic rings. The van der Waals surface area contributed by atoms with Gasteiger partial charge in [-0.1, -0.05) is 18.7 Å². The number of hydrogen-bond acceptors (Lipinski definition) is 4. The van der Waals surface area contributed by atoms with Gasteiger partial charge in [0.1, 0.15) is 19.3 Å². The van der Waals surface area contributed by atoms with Crippen molar-refractivity contribution in [2.24, 2.45) is 0 Å². The molecule has 1 unspecified atom stereocenters. The summed E-state index contributed by atoms with van der Waals surface area (Å²) in [5.74, 6) is 0.179. The fourth-order valence-corrected chi connectivity index (χ4v) is 0.988. The Labute approximate surface area is 102 Å². The number of carbonyl (C=O) groups is 1. The largest absolute Gasteiger partial charge is 0.495 e. The first-order valence-corrected chi connectivity index (χ1v) is 5.41. The SMILES string of the molecule is C=CC(=O)OCC(O)COC(C)=C(C)C=CC. The van der Waals surface area contributed by atoms with Gasteiger partial charge in [0.25, 0.3) is 0 Å². The first-order valence-electron chi connectivity index (χ1n) is 5.41. The van der Waals surface area contributed by atoms with E-state index in [0.717, 1.165) is 17.4 Å². The molecule has 0 radical (unpaired) electrons. The van der Waals surface area contributed by atoms with Gasteiger partial charge in [-0.15, -0.1) is 0 Å². The van der Waals surface area contributed by atoms with Crippen molar-refractivity contribution < 1.29 is 19.4 Å². The van der Waals surface area contributed by atoms with E-state index in [0.29, 0.717) is 0 Å². The van der Waals surface area contributed by atoms with Crippen LogP contribution in [0.15, 0.2) is 36.1 Å². The molecular weight excluding hydrogens is 220 g/mol. The summed E-state index contributed by atoms with van der Waals surface area (Å²) < 4.78 is 10.0. The number of allylic oxidation sites excluding steroid dienone is 4. The van der Waals surface area contributed by atoms with Crippen LogP contribution in [-0.4, -0.2) is 30.4 Å². The van der Waals surface area contributed by atoms with Crippen molar-refractivity contribution in [1.82, 2.24) is 0 Å². The molecule has 0 saturated carbocycles. The van der Waals surface area contributed by atoms with Crippen LogP contribution in [0, 0.1) is 0 Å². The lowest BCUT2D eigenvalue weighted by Gasteiger charge is -2.13. The third-order valence-corrected chi connectivity index (χ3v) is 2.05. The molecule has 4 nitrogen and oxygen atoms in total. The molecule has 0 fully saturated rings. The van der Waals surface area contributed by atoms with Crippen LogP contribution in [0.25, 0.3) is 0 Å². The van der Waals surface area contributed by atoms with E-state index in [1.54, 1.807) is 0 Å². The first-order chi connectivity index (χ1) is 8.01. The Balaban J connectivity index is 3.99. The summed E-state index contributed by atoms with van der Waals surface area (Å²) in [6, 6.07) is 0. The van der Waals surface area contributed by atoms with Crippen LogP contribution in [0.3, 0.4) is 0 Å². The Hall–Kier alpha value is -1.55. The zero-order chi connectivity index (χ0) is 13.3. The highest BCUT2D eigenvalue weighted by Crippen LogP contribution is 2.07. The summed E-state index contributed by atoms with van der Waals surface area (Å²) in [5, 5.41) is 9.48. The van der Waals surface area contributed by atoms with Crippen LogP contribution in [0.5, 0.6) is 0 Å². The molecule has 0 aliphatic carbocycles. The summed E-state index contributed by atoms with van der Waals surface area (Å²) >= 11 is 0. The van der Waals surface area contributed by atoms with Crippen LogP contribution < -0.4 is 0 Å². The molecule has 0 aliphatic rings. The lowest BCUT2D eigenvalue weighted by molar-refractivity contribution is -0.141. The average molecular weight is 240 g/mol. The number of aliphatic hydroxyl groups excluding tert-OH is 1. The Bertz CT molecular complexity index is 315. The molecule has 0 aromatic heterocycles. The molecule has 0 bridgehead atoms. The fraction of sp³-hybridized carbons (Fsp3) is 0.462. The maximum atomic E-state index is 10.7. The van der Waals surface area contributed by atoms with Gasteiger partial charge in [0, 0.05) is 6.08 Å². The van der Waals surface area contributed by atoms with Gasteiger partial charge >= 0.3 is 5.97 Å². The maximum absolute atomic E-state index is 10.7. The summed E-state index contributed by atoms with van der Waals surface area (Å²) in [6.07, 6.45) is 4.03. The molecule has 1 atom stereocenters. The summed E-state index contributed by atoms with van der Waals surface area (Å²) in [5.41, 5.74) is 0.989. The third kappa shape index (κ3) is 7.36. The number of ether oxygens (including phenoxy) is 2. The normalized spacial score (nSPS) is 14.1. The fourth-order valence-electron chi connectivity index (χ4n) is 0.988. The van der Waals surface area contributed by atoms with Crippen LogP contribution in [-0.2, 0) is 14.3 Å². The Morgan fingerprint density at radius 1 is 1.35 bits per heavy atom. The molecule has 96 valence electrons. The summed E-state index contributed by atoms with van der Waals surface area (Å²) in [6.45, 7) is 8.90. The average Bonchev–Trinajstić information content (AvgIpc) is 2.32. The summed E-state index contributed by atoms with van der Waals surface area (Å²) in [7, 11) is 0. The van der Waals surface area contributed by atoms with Crippen LogP contribution in [0.1, 0.15) is 20.8 Å². The molecule has 4 heteroatoms. The number of esters is 1. The molecule has 0 rings (SSSR count). The molecule has 0 saturated heterocycles. The zero-order valence-corrected chi connectivity index (χ0v) is 10.6. The van der Waals surface area contributed by atoms with Gasteiger partial charge in [-0.3, -0.25) is 0 Å². The van der Waals surface area contributed by atoms with Crippen molar-refractivity contribution in [2.45, 2.75) is 26.9 Å². The molecule has 0 spiro atoms. The Kier molecular flexibility index (Phi) is 7.80. The van der Waals surface area contributed by atoms with Gasteiger partial charge in [-0.2, -0.15) is 0 Å². The molecule has 0 aliphatic heterocycles. The van der Waals surface area contributed by atoms with Crippen molar-refractivity contribution in [3.8, 4) is 0 Å². The highest BCUT2D eigenvalue weighted by molar-refractivity contribution is 5.81. The second-order valence-corrected chi connectivity index (χ2v) is 3.54. The van der Waals surface area contributed by atoms with Crippen molar-refractivity contribution in [3.05, 3.63) is 36.1 Å². The van der Waals surface area contributed by atoms with E-state index in [-0.39, 0.29) is 13.2 Å². The molecule has 0 heterocycles. The van der Waals surface area contributed by atoms with Gasteiger partial charge in [-0.25, -0.2) is 4.79 Å². The molecular formula is C13H20O4. The van der Waals surface area contributed by atoms with Crippen molar-refractivity contribution in [3.63, 3.8) is 0 Å². The van der Waals surface area contributed by atoms with E-state index in [2.05, 4.69) is 11.3 Å². The highest BCUT2D eigenvalue weighted by atomic mass is 16.5. The standard InChI is InChI=1S/C13H20O4/c1-5-7-10(3)11(4)16-8-12(14)9-17-13(15)6-2/h5-7,12,14H,2,8-9H2,1,3-4H3. The van der Waals surface area contributed by atoms with E-state index in [4.69, 9.17) is 4.74 Å². The van der Waals surface area contributed by atoms with E-state index < -0.39 is 12.1 Å². The monoisotopic (exact) mass is 240 g/mol. The van der Waals surface area contributed by atoms with Crippen LogP contribution in [0.4, 0.5) is 0 Å². The maximum Gasteiger partial charge on any atom is 0.330 e. The lowest BCUT2D eigenvalue weighted by Crippen LogP contribution is -2.23. The van der Waals surface area contributed by atoms with Crippen LogP contribution in [0.2, 0.25) is 0 Å².